The minimum absolute atomic E-state index is 0.353. The van der Waals surface area contributed by atoms with E-state index in [-0.39, 0.29) is 5.97 Å². The maximum absolute atomic E-state index is 12.5. The number of fused-ring (bicyclic) bond motifs is 1. The zero-order valence-electron chi connectivity index (χ0n) is 16.1. The Morgan fingerprint density at radius 1 is 1.12 bits per heavy atom. The molecule has 0 spiro atoms. The molecule has 0 saturated heterocycles. The van der Waals surface area contributed by atoms with Crippen LogP contribution in [-0.4, -0.2) is 13.1 Å². The highest BCUT2D eigenvalue weighted by atomic mass is 16.5. The summed E-state index contributed by atoms with van der Waals surface area (Å²) in [5.41, 5.74) is 5.31. The first-order chi connectivity index (χ1) is 12.4. The lowest BCUT2D eigenvalue weighted by atomic mass is 9.77. The van der Waals surface area contributed by atoms with E-state index in [1.54, 1.807) is 31.4 Å². The molecular formula is C23H26O3. The van der Waals surface area contributed by atoms with E-state index >= 15 is 0 Å². The van der Waals surface area contributed by atoms with Crippen LogP contribution in [0.25, 0.3) is 5.57 Å². The van der Waals surface area contributed by atoms with Gasteiger partial charge in [0, 0.05) is 0 Å². The second kappa shape index (κ2) is 7.36. The number of rotatable bonds is 4. The van der Waals surface area contributed by atoms with Crippen LogP contribution in [-0.2, 0) is 0 Å². The molecular weight excluding hydrogens is 324 g/mol. The van der Waals surface area contributed by atoms with Gasteiger partial charge in [0.2, 0.25) is 0 Å². The Morgan fingerprint density at radius 2 is 1.81 bits per heavy atom. The zero-order chi connectivity index (χ0) is 18.8. The van der Waals surface area contributed by atoms with Crippen LogP contribution in [0.4, 0.5) is 0 Å². The van der Waals surface area contributed by atoms with Crippen molar-refractivity contribution in [3.05, 3.63) is 64.7 Å². The number of hydrogen-bond donors (Lipinski definition) is 0. The van der Waals surface area contributed by atoms with Gasteiger partial charge in [-0.05, 0) is 84.7 Å². The molecule has 26 heavy (non-hydrogen) atoms. The Bertz CT molecular complexity index is 845. The van der Waals surface area contributed by atoms with E-state index in [1.165, 1.54) is 16.7 Å². The number of esters is 1. The molecule has 1 aliphatic rings. The summed E-state index contributed by atoms with van der Waals surface area (Å²) < 4.78 is 10.8. The van der Waals surface area contributed by atoms with Gasteiger partial charge in [0.1, 0.15) is 11.5 Å². The monoisotopic (exact) mass is 350 g/mol. The molecule has 1 atom stereocenters. The number of ether oxygens (including phenoxy) is 2. The molecule has 2 aromatic carbocycles. The van der Waals surface area contributed by atoms with Gasteiger partial charge in [0.15, 0.2) is 0 Å². The Labute approximate surface area is 155 Å². The van der Waals surface area contributed by atoms with Crippen LogP contribution in [0.3, 0.4) is 0 Å². The van der Waals surface area contributed by atoms with Gasteiger partial charge in [-0.25, -0.2) is 4.79 Å². The predicted molar refractivity (Wildman–Crippen MR) is 105 cm³/mol. The predicted octanol–water partition coefficient (Wildman–Crippen LogP) is 5.77. The second-order valence-corrected chi connectivity index (χ2v) is 7.30. The van der Waals surface area contributed by atoms with Crippen LogP contribution < -0.4 is 9.47 Å². The molecule has 3 heteroatoms. The van der Waals surface area contributed by atoms with Crippen molar-refractivity contribution in [1.82, 2.24) is 0 Å². The van der Waals surface area contributed by atoms with Crippen molar-refractivity contribution in [2.24, 2.45) is 5.92 Å². The molecule has 0 saturated carbocycles. The molecule has 1 aliphatic carbocycles. The van der Waals surface area contributed by atoms with Crippen LogP contribution in [0, 0.1) is 12.8 Å². The summed E-state index contributed by atoms with van der Waals surface area (Å²) in [6.07, 6.45) is 3.36. The van der Waals surface area contributed by atoms with Crippen molar-refractivity contribution in [2.75, 3.05) is 7.11 Å². The SMILES string of the molecule is COc1ccc(C(=O)Oc2cc3c(cc2C)[C@@H](C(C)C)CC=C3C)cc1. The van der Waals surface area contributed by atoms with Crippen LogP contribution in [0.1, 0.15) is 60.2 Å². The first-order valence-electron chi connectivity index (χ1n) is 9.08. The largest absolute Gasteiger partial charge is 0.497 e. The minimum Gasteiger partial charge on any atom is -0.497 e. The van der Waals surface area contributed by atoms with Crippen LogP contribution >= 0.6 is 0 Å². The fourth-order valence-corrected chi connectivity index (χ4v) is 3.53. The number of carbonyl (C=O) groups is 1. The molecule has 2 aromatic rings. The summed E-state index contributed by atoms with van der Waals surface area (Å²) in [5.74, 6) is 2.08. The molecule has 3 nitrogen and oxygen atoms in total. The summed E-state index contributed by atoms with van der Waals surface area (Å²) >= 11 is 0. The quantitative estimate of drug-likeness (QED) is 0.519. The number of hydrogen-bond acceptors (Lipinski definition) is 3. The minimum atomic E-state index is -0.353. The van der Waals surface area contributed by atoms with Gasteiger partial charge in [-0.1, -0.05) is 26.0 Å². The average Bonchev–Trinajstić information content (AvgIpc) is 2.63. The zero-order valence-corrected chi connectivity index (χ0v) is 16.1. The van der Waals surface area contributed by atoms with Gasteiger partial charge in [0.05, 0.1) is 12.7 Å². The molecule has 0 aromatic heterocycles. The van der Waals surface area contributed by atoms with Crippen LogP contribution in [0.2, 0.25) is 0 Å². The standard InChI is InChI=1S/C23H26O3/c1-14(2)19-11-6-15(3)20-13-22(16(4)12-21(19)20)26-23(24)17-7-9-18(25-5)10-8-17/h6-10,12-14,19H,11H2,1-5H3/t19-/m1/s1. The van der Waals surface area contributed by atoms with E-state index in [2.05, 4.69) is 32.9 Å². The third-order valence-electron chi connectivity index (χ3n) is 5.18. The van der Waals surface area contributed by atoms with E-state index in [0.29, 0.717) is 28.9 Å². The first-order valence-corrected chi connectivity index (χ1v) is 9.08. The fourth-order valence-electron chi connectivity index (χ4n) is 3.53. The Kier molecular flexibility index (Phi) is 5.17. The van der Waals surface area contributed by atoms with E-state index in [0.717, 1.165) is 12.0 Å². The Morgan fingerprint density at radius 3 is 2.42 bits per heavy atom. The molecule has 0 radical (unpaired) electrons. The summed E-state index contributed by atoms with van der Waals surface area (Å²) in [4.78, 5) is 12.5. The number of benzene rings is 2. The molecule has 0 aliphatic heterocycles. The average molecular weight is 350 g/mol. The van der Waals surface area contributed by atoms with Crippen molar-refractivity contribution in [1.29, 1.82) is 0 Å². The second-order valence-electron chi connectivity index (χ2n) is 7.30. The maximum Gasteiger partial charge on any atom is 0.343 e. The molecule has 3 rings (SSSR count). The molecule has 0 fully saturated rings. The van der Waals surface area contributed by atoms with Gasteiger partial charge in [0.25, 0.3) is 0 Å². The molecule has 0 N–H and O–H groups in total. The van der Waals surface area contributed by atoms with Gasteiger partial charge in [-0.15, -0.1) is 0 Å². The van der Waals surface area contributed by atoms with Gasteiger partial charge >= 0.3 is 5.97 Å². The van der Waals surface area contributed by atoms with E-state index in [4.69, 9.17) is 9.47 Å². The van der Waals surface area contributed by atoms with Crippen molar-refractivity contribution >= 4 is 11.5 Å². The fraction of sp³-hybridized carbons (Fsp3) is 0.348. The smallest absolute Gasteiger partial charge is 0.343 e. The lowest BCUT2D eigenvalue weighted by Gasteiger charge is -2.28. The number of carbonyl (C=O) groups excluding carboxylic acids is 1. The first kappa shape index (κ1) is 18.2. The van der Waals surface area contributed by atoms with Gasteiger partial charge < -0.3 is 9.47 Å². The van der Waals surface area contributed by atoms with Crippen molar-refractivity contribution in [2.45, 2.75) is 40.0 Å². The van der Waals surface area contributed by atoms with Crippen molar-refractivity contribution in [3.63, 3.8) is 0 Å². The third kappa shape index (κ3) is 3.52. The maximum atomic E-state index is 12.5. The number of methoxy groups -OCH3 is 1. The molecule has 0 amide bonds. The molecule has 0 unspecified atom stereocenters. The summed E-state index contributed by atoms with van der Waals surface area (Å²) in [6.45, 7) is 8.65. The molecule has 0 bridgehead atoms. The van der Waals surface area contributed by atoms with Crippen LogP contribution in [0.5, 0.6) is 11.5 Å². The number of allylic oxidation sites excluding steroid dienone is 2. The van der Waals surface area contributed by atoms with E-state index < -0.39 is 0 Å². The van der Waals surface area contributed by atoms with Gasteiger partial charge in [-0.2, -0.15) is 0 Å². The lowest BCUT2D eigenvalue weighted by molar-refractivity contribution is 0.0733. The Hall–Kier alpha value is -2.55. The third-order valence-corrected chi connectivity index (χ3v) is 5.18. The highest BCUT2D eigenvalue weighted by Crippen LogP contribution is 2.41. The Balaban J connectivity index is 1.90. The number of aryl methyl sites for hydroxylation is 1. The summed E-state index contributed by atoms with van der Waals surface area (Å²) in [5, 5.41) is 0. The van der Waals surface area contributed by atoms with Crippen molar-refractivity contribution < 1.29 is 14.3 Å². The highest BCUT2D eigenvalue weighted by molar-refractivity contribution is 5.91. The summed E-state index contributed by atoms with van der Waals surface area (Å²) in [6, 6.07) is 11.2. The van der Waals surface area contributed by atoms with E-state index in [1.807, 2.05) is 13.0 Å². The van der Waals surface area contributed by atoms with Gasteiger partial charge in [-0.3, -0.25) is 0 Å². The summed E-state index contributed by atoms with van der Waals surface area (Å²) in [7, 11) is 1.60. The lowest BCUT2D eigenvalue weighted by Crippen LogP contribution is -2.14. The highest BCUT2D eigenvalue weighted by Gasteiger charge is 2.24. The molecule has 0 heterocycles. The topological polar surface area (TPSA) is 35.5 Å². The van der Waals surface area contributed by atoms with Crippen LogP contribution in [0.15, 0.2) is 42.5 Å². The molecule has 136 valence electrons. The normalized spacial score (nSPS) is 16.1. The van der Waals surface area contributed by atoms with Crippen molar-refractivity contribution in [3.8, 4) is 11.5 Å². The van der Waals surface area contributed by atoms with E-state index in [9.17, 15) is 4.79 Å².